The highest BCUT2D eigenvalue weighted by molar-refractivity contribution is 8.02. The zero-order valence-corrected chi connectivity index (χ0v) is 13.7. The van der Waals surface area contributed by atoms with Crippen LogP contribution < -0.4 is 16.3 Å². The van der Waals surface area contributed by atoms with E-state index in [9.17, 15) is 4.79 Å². The van der Waals surface area contributed by atoms with E-state index < -0.39 is 7.26 Å². The summed E-state index contributed by atoms with van der Waals surface area (Å²) in [4.78, 5) is 12.7. The van der Waals surface area contributed by atoms with Crippen LogP contribution in [0.2, 0.25) is 0 Å². The Hall–Kier alpha value is -2.44. The molecule has 1 amide bonds. The Morgan fingerprint density at radius 3 is 1.48 bits per heavy atom. The number of amides is 1. The second kappa shape index (κ2) is 6.76. The number of hydrogen-bond acceptors (Lipinski definition) is 1. The first-order valence-electron chi connectivity index (χ1n) is 7.57. The van der Waals surface area contributed by atoms with Crippen molar-refractivity contribution in [2.24, 2.45) is 5.73 Å². The molecule has 0 saturated heterocycles. The van der Waals surface area contributed by atoms with Crippen molar-refractivity contribution in [2.75, 3.05) is 0 Å². The zero-order chi connectivity index (χ0) is 16.1. The van der Waals surface area contributed by atoms with E-state index in [0.717, 1.165) is 16.2 Å². The Morgan fingerprint density at radius 1 is 0.696 bits per heavy atom. The van der Waals surface area contributed by atoms with E-state index in [2.05, 4.69) is 12.1 Å². The molecular formula is C20H19NOP+. The largest absolute Gasteiger partial charge is 0.367 e. The van der Waals surface area contributed by atoms with Crippen molar-refractivity contribution < 1.29 is 4.79 Å². The lowest BCUT2D eigenvalue weighted by molar-refractivity contribution is 0.266. The quantitative estimate of drug-likeness (QED) is 0.711. The molecule has 2 N–H and O–H groups in total. The second-order valence-electron chi connectivity index (χ2n) is 5.46. The van der Waals surface area contributed by atoms with Crippen LogP contribution in [0.15, 0.2) is 91.0 Å². The molecule has 3 aromatic rings. The molecule has 23 heavy (non-hydrogen) atoms. The minimum Gasteiger partial charge on any atom is -0.336 e. The minimum atomic E-state index is -2.36. The molecule has 0 saturated carbocycles. The van der Waals surface area contributed by atoms with Gasteiger partial charge < -0.3 is 5.73 Å². The van der Waals surface area contributed by atoms with Gasteiger partial charge in [0.1, 0.15) is 16.8 Å². The van der Waals surface area contributed by atoms with Crippen LogP contribution in [0.1, 0.15) is 5.56 Å². The van der Waals surface area contributed by atoms with Crippen molar-refractivity contribution in [3.63, 3.8) is 0 Å². The number of carbonyl (C=O) groups is 1. The third kappa shape index (κ3) is 3.04. The van der Waals surface area contributed by atoms with Gasteiger partial charge in [-0.3, -0.25) is 0 Å². The average Bonchev–Trinajstić information content (AvgIpc) is 2.62. The molecule has 0 aliphatic heterocycles. The Kier molecular flexibility index (Phi) is 4.55. The van der Waals surface area contributed by atoms with Gasteiger partial charge in [-0.2, -0.15) is 0 Å². The summed E-state index contributed by atoms with van der Waals surface area (Å²) in [5.41, 5.74) is 6.90. The van der Waals surface area contributed by atoms with E-state index in [1.54, 1.807) is 0 Å². The standard InChI is InChI=1S/C20H18NOP/c21-20(22)23(18-12-6-2-7-13-18,19-14-8-3-9-15-19)16-17-10-4-1-5-11-17/h1-15H,16H2,(H-,21,22)/p+1. The maximum atomic E-state index is 12.7. The third-order valence-electron chi connectivity index (χ3n) is 4.03. The van der Waals surface area contributed by atoms with Crippen LogP contribution in [0.5, 0.6) is 0 Å². The summed E-state index contributed by atoms with van der Waals surface area (Å²) in [6, 6.07) is 30.0. The van der Waals surface area contributed by atoms with E-state index in [-0.39, 0.29) is 5.65 Å². The zero-order valence-electron chi connectivity index (χ0n) is 12.8. The van der Waals surface area contributed by atoms with Crippen LogP contribution in [0.4, 0.5) is 4.79 Å². The topological polar surface area (TPSA) is 43.1 Å². The first-order valence-corrected chi connectivity index (χ1v) is 9.54. The number of hydrogen-bond donors (Lipinski definition) is 1. The molecule has 3 rings (SSSR count). The maximum Gasteiger partial charge on any atom is 0.367 e. The number of carbonyl (C=O) groups excluding carboxylic acids is 1. The van der Waals surface area contributed by atoms with Crippen molar-refractivity contribution in [2.45, 2.75) is 6.16 Å². The number of rotatable bonds is 5. The predicted octanol–water partition coefficient (Wildman–Crippen LogP) is 3.93. The summed E-state index contributed by atoms with van der Waals surface area (Å²) in [5, 5.41) is 2.06. The van der Waals surface area contributed by atoms with Crippen molar-refractivity contribution in [1.29, 1.82) is 0 Å². The lowest BCUT2D eigenvalue weighted by atomic mass is 10.2. The van der Waals surface area contributed by atoms with Crippen molar-refractivity contribution in [3.05, 3.63) is 96.6 Å². The van der Waals surface area contributed by atoms with Crippen LogP contribution in [0.25, 0.3) is 0 Å². The molecule has 0 radical (unpaired) electrons. The molecule has 114 valence electrons. The summed E-state index contributed by atoms with van der Waals surface area (Å²) < 4.78 is 0. The smallest absolute Gasteiger partial charge is 0.336 e. The van der Waals surface area contributed by atoms with Crippen LogP contribution in [0.3, 0.4) is 0 Å². The van der Waals surface area contributed by atoms with Gasteiger partial charge >= 0.3 is 5.65 Å². The van der Waals surface area contributed by atoms with Crippen molar-refractivity contribution >= 4 is 23.5 Å². The first kappa shape index (κ1) is 15.5. The Balaban J connectivity index is 2.21. The first-order chi connectivity index (χ1) is 11.2. The Morgan fingerprint density at radius 2 is 1.09 bits per heavy atom. The minimum absolute atomic E-state index is 0.223. The molecule has 0 bridgehead atoms. The van der Waals surface area contributed by atoms with E-state index in [4.69, 9.17) is 5.73 Å². The second-order valence-corrected chi connectivity index (χ2v) is 8.87. The van der Waals surface area contributed by atoms with Crippen LogP contribution >= 0.6 is 7.26 Å². The molecule has 3 heteroatoms. The van der Waals surface area contributed by atoms with Gasteiger partial charge in [0.2, 0.25) is 0 Å². The van der Waals surface area contributed by atoms with Gasteiger partial charge in [-0.25, -0.2) is 4.79 Å². The van der Waals surface area contributed by atoms with E-state index >= 15 is 0 Å². The fourth-order valence-electron chi connectivity index (χ4n) is 2.89. The molecular weight excluding hydrogens is 301 g/mol. The highest BCUT2D eigenvalue weighted by Crippen LogP contribution is 2.59. The number of nitrogens with two attached hydrogens (primary N) is 1. The fraction of sp³-hybridized carbons (Fsp3) is 0.0500. The van der Waals surface area contributed by atoms with Gasteiger partial charge in [-0.05, 0) is 29.8 Å². The SMILES string of the molecule is NC(=O)[P+](Cc1ccccc1)(c1ccccc1)c1ccccc1. The fourth-order valence-corrected chi connectivity index (χ4v) is 6.34. The molecule has 0 aliphatic rings. The lowest BCUT2D eigenvalue weighted by Gasteiger charge is -2.23. The summed E-state index contributed by atoms with van der Waals surface area (Å²) in [5.74, 6) is 0. The van der Waals surface area contributed by atoms with Crippen LogP contribution in [0, 0.1) is 0 Å². The van der Waals surface area contributed by atoms with Crippen LogP contribution in [-0.2, 0) is 6.16 Å². The lowest BCUT2D eigenvalue weighted by Crippen LogP contribution is -2.33. The van der Waals surface area contributed by atoms with E-state index in [1.165, 1.54) is 0 Å². The third-order valence-corrected chi connectivity index (χ3v) is 7.98. The van der Waals surface area contributed by atoms with Crippen molar-refractivity contribution in [1.82, 2.24) is 0 Å². The predicted molar refractivity (Wildman–Crippen MR) is 98.8 cm³/mol. The number of benzene rings is 3. The van der Waals surface area contributed by atoms with E-state index in [0.29, 0.717) is 6.16 Å². The maximum absolute atomic E-state index is 12.7. The van der Waals surface area contributed by atoms with Gasteiger partial charge in [0.15, 0.2) is 7.26 Å². The molecule has 0 atom stereocenters. The molecule has 0 heterocycles. The molecule has 0 aliphatic carbocycles. The average molecular weight is 320 g/mol. The molecule has 0 unspecified atom stereocenters. The van der Waals surface area contributed by atoms with Gasteiger partial charge in [0.05, 0.1) is 0 Å². The highest BCUT2D eigenvalue weighted by Gasteiger charge is 2.49. The van der Waals surface area contributed by atoms with E-state index in [1.807, 2.05) is 78.9 Å². The molecule has 2 nitrogen and oxygen atoms in total. The molecule has 3 aromatic carbocycles. The molecule has 0 fully saturated rings. The summed E-state index contributed by atoms with van der Waals surface area (Å²) in [7, 11) is -2.36. The van der Waals surface area contributed by atoms with Gasteiger partial charge in [-0.15, -0.1) is 0 Å². The van der Waals surface area contributed by atoms with Crippen LogP contribution in [-0.4, -0.2) is 5.65 Å². The summed E-state index contributed by atoms with van der Waals surface area (Å²) in [6.07, 6.45) is 0.650. The Bertz CT molecular complexity index is 733. The number of primary amides is 1. The van der Waals surface area contributed by atoms with Gasteiger partial charge in [0, 0.05) is 0 Å². The monoisotopic (exact) mass is 320 g/mol. The van der Waals surface area contributed by atoms with Gasteiger partial charge in [0.25, 0.3) is 0 Å². The summed E-state index contributed by atoms with van der Waals surface area (Å²) >= 11 is 0. The normalized spacial score (nSPS) is 11.1. The molecule has 0 aromatic heterocycles. The van der Waals surface area contributed by atoms with Crippen molar-refractivity contribution in [3.8, 4) is 0 Å². The summed E-state index contributed by atoms with van der Waals surface area (Å²) in [6.45, 7) is 0. The highest BCUT2D eigenvalue weighted by atomic mass is 31.2. The molecule has 0 spiro atoms. The Labute approximate surface area is 137 Å². The van der Waals surface area contributed by atoms with Gasteiger partial charge in [-0.1, -0.05) is 66.7 Å².